The Labute approximate surface area is 224 Å². The molecule has 0 radical (unpaired) electrons. The van der Waals surface area contributed by atoms with E-state index in [2.05, 4.69) is 0 Å². The monoisotopic (exact) mass is 656 g/mol. The molecule has 0 fully saturated rings. The molecule has 0 unspecified atom stereocenters. The van der Waals surface area contributed by atoms with Gasteiger partial charge in [0.1, 0.15) is 0 Å². The first-order chi connectivity index (χ1) is 11.6. The molecule has 0 saturated carbocycles. The van der Waals surface area contributed by atoms with Crippen molar-refractivity contribution in [3.63, 3.8) is 0 Å². The van der Waals surface area contributed by atoms with E-state index in [1.54, 1.807) is 0 Å². The molecular weight excluding hydrogens is 646 g/mol. The maximum Gasteiger partial charge on any atom is 2.00 e. The van der Waals surface area contributed by atoms with Gasteiger partial charge in [-0.15, -0.1) is 0 Å². The second-order valence-corrected chi connectivity index (χ2v) is 4.96. The van der Waals surface area contributed by atoms with Crippen molar-refractivity contribution in [2.24, 2.45) is 0 Å². The normalized spacial score (nSPS) is 9.10. The van der Waals surface area contributed by atoms with Gasteiger partial charge in [-0.25, -0.2) is 9.59 Å². The molecule has 0 aromatic heterocycles. The fourth-order valence-electron chi connectivity index (χ4n) is 1.43. The molecule has 156 valence electrons. The van der Waals surface area contributed by atoms with Crippen LogP contribution in [0.5, 0.6) is 0 Å². The number of hydrogen-bond donors (Lipinski definition) is 8. The molecular formula is C12H16O15Zn4+6. The third kappa shape index (κ3) is 22.2. The van der Waals surface area contributed by atoms with Gasteiger partial charge in [-0.2, -0.15) is 0 Å². The first-order valence-corrected chi connectivity index (χ1v) is 6.34. The van der Waals surface area contributed by atoms with Crippen LogP contribution >= 0.6 is 0 Å². The van der Waals surface area contributed by atoms with Gasteiger partial charge in [-0.1, -0.05) is 0 Å². The summed E-state index contributed by atoms with van der Waals surface area (Å²) in [5.74, 6) is -10.0. The third-order valence-corrected chi connectivity index (χ3v) is 2.57. The van der Waals surface area contributed by atoms with Gasteiger partial charge >= 0.3 is 114 Å². The summed E-state index contributed by atoms with van der Waals surface area (Å²) in [4.78, 5) is 61.0. The molecule has 19 heteroatoms. The van der Waals surface area contributed by atoms with Gasteiger partial charge in [0.05, 0.1) is 25.7 Å². The summed E-state index contributed by atoms with van der Waals surface area (Å²) in [7, 11) is 0. The molecule has 0 atom stereocenters. The number of carbonyl (C=O) groups is 6. The number of carboxylic acid groups (broad SMARTS) is 6. The third-order valence-electron chi connectivity index (χ3n) is 2.57. The molecule has 0 bridgehead atoms. The maximum atomic E-state index is 10.3. The summed E-state index contributed by atoms with van der Waals surface area (Å²) in [6, 6.07) is 0. The predicted molar refractivity (Wildman–Crippen MR) is 74.9 cm³/mol. The van der Waals surface area contributed by atoms with Gasteiger partial charge < -0.3 is 46.3 Å². The average Bonchev–Trinajstić information content (AvgIpc) is 2.34. The summed E-state index contributed by atoms with van der Waals surface area (Å²) in [5.41, 5.74) is -5.48. The molecule has 0 amide bonds. The first kappa shape index (κ1) is 47.8. The zero-order valence-corrected chi connectivity index (χ0v) is 28.0. The Bertz CT molecular complexity index is 525. The molecule has 0 rings (SSSR count). The zero-order chi connectivity index (χ0) is 21.3. The number of aliphatic carboxylic acids is 6. The summed E-state index contributed by atoms with van der Waals surface area (Å²) in [6.07, 6.45) is -4.58. The Morgan fingerprint density at radius 2 is 0.581 bits per heavy atom. The Balaban J connectivity index is -0.0000000640. The van der Waals surface area contributed by atoms with Crippen molar-refractivity contribution in [2.45, 2.75) is 36.9 Å². The van der Waals surface area contributed by atoms with Crippen molar-refractivity contribution < 1.29 is 153 Å². The Hall–Kier alpha value is -0.806. The largest absolute Gasteiger partial charge is 2.00 e. The van der Waals surface area contributed by atoms with Gasteiger partial charge in [-0.3, -0.25) is 19.2 Å². The second-order valence-electron chi connectivity index (χ2n) is 4.96. The van der Waals surface area contributed by atoms with Crippen molar-refractivity contribution in [3.8, 4) is 0 Å². The minimum atomic E-state index is -2.74. The SMILES string of the molecule is O=C(O)CC(O)(CC(=O)O)C(=O)O.O=C(O)CC(O)(CC(=O)O)C(=O)O.[O-2].[Zn+2].[Zn+2].[Zn+2].[Zn+2]. The van der Waals surface area contributed by atoms with E-state index in [-0.39, 0.29) is 83.4 Å². The molecule has 8 N–H and O–H groups in total. The van der Waals surface area contributed by atoms with Crippen LogP contribution in [0.4, 0.5) is 0 Å². The standard InChI is InChI=1S/2C6H8O7.O.4Zn/c2*7-3(8)1-6(13,5(11)12)2-4(9)10;;;;;/h2*13H,1-2H2,(H,7,8)(H,9,10)(H,11,12);;;;;/q;;-2;4*+2. The van der Waals surface area contributed by atoms with E-state index in [1.807, 2.05) is 0 Å². The van der Waals surface area contributed by atoms with Crippen LogP contribution < -0.4 is 0 Å². The molecule has 0 aliphatic carbocycles. The maximum absolute atomic E-state index is 10.3. The van der Waals surface area contributed by atoms with E-state index in [0.29, 0.717) is 0 Å². The van der Waals surface area contributed by atoms with Crippen molar-refractivity contribution in [3.05, 3.63) is 0 Å². The second kappa shape index (κ2) is 21.1. The molecule has 31 heavy (non-hydrogen) atoms. The van der Waals surface area contributed by atoms with Crippen molar-refractivity contribution in [1.29, 1.82) is 0 Å². The van der Waals surface area contributed by atoms with Crippen molar-refractivity contribution in [2.75, 3.05) is 0 Å². The van der Waals surface area contributed by atoms with Crippen LogP contribution in [0, 0.1) is 0 Å². The van der Waals surface area contributed by atoms with Crippen LogP contribution in [0.25, 0.3) is 0 Å². The van der Waals surface area contributed by atoms with E-state index >= 15 is 0 Å². The van der Waals surface area contributed by atoms with E-state index in [0.717, 1.165) is 0 Å². The number of aliphatic hydroxyl groups is 2. The Kier molecular flexibility index (Phi) is 32.5. The van der Waals surface area contributed by atoms with E-state index in [4.69, 9.17) is 40.9 Å². The molecule has 0 aliphatic rings. The van der Waals surface area contributed by atoms with E-state index in [9.17, 15) is 28.8 Å². The van der Waals surface area contributed by atoms with E-state index in [1.165, 1.54) is 0 Å². The Morgan fingerprint density at radius 3 is 0.645 bits per heavy atom. The van der Waals surface area contributed by atoms with Crippen molar-refractivity contribution >= 4 is 35.8 Å². The number of carboxylic acids is 6. The quantitative estimate of drug-likeness (QED) is 0.111. The summed E-state index contributed by atoms with van der Waals surface area (Å²) >= 11 is 0. The van der Waals surface area contributed by atoms with Crippen LogP contribution in [0.15, 0.2) is 0 Å². The van der Waals surface area contributed by atoms with Gasteiger partial charge in [0.15, 0.2) is 11.2 Å². The minimum absolute atomic E-state index is 0. The summed E-state index contributed by atoms with van der Waals surface area (Å²) in [5, 5.41) is 67.6. The zero-order valence-electron chi connectivity index (χ0n) is 16.1. The molecule has 0 aromatic rings. The van der Waals surface area contributed by atoms with E-state index < -0.39 is 72.7 Å². The first-order valence-electron chi connectivity index (χ1n) is 6.34. The molecule has 0 heterocycles. The topological polar surface area (TPSA) is 293 Å². The average molecular weight is 662 g/mol. The summed E-state index contributed by atoms with van der Waals surface area (Å²) in [6.45, 7) is 0. The molecule has 15 nitrogen and oxygen atoms in total. The summed E-state index contributed by atoms with van der Waals surface area (Å²) < 4.78 is 0. The fraction of sp³-hybridized carbons (Fsp3) is 0.500. The van der Waals surface area contributed by atoms with Crippen LogP contribution in [-0.4, -0.2) is 87.9 Å². The molecule has 0 spiro atoms. The van der Waals surface area contributed by atoms with Crippen LogP contribution in [-0.2, 0) is 112 Å². The number of rotatable bonds is 10. The van der Waals surface area contributed by atoms with Gasteiger partial charge in [0.2, 0.25) is 0 Å². The molecule has 0 aliphatic heterocycles. The van der Waals surface area contributed by atoms with Gasteiger partial charge in [0.25, 0.3) is 0 Å². The van der Waals surface area contributed by atoms with Crippen LogP contribution in [0.1, 0.15) is 25.7 Å². The van der Waals surface area contributed by atoms with Gasteiger partial charge in [-0.05, 0) is 0 Å². The Morgan fingerprint density at radius 1 is 0.452 bits per heavy atom. The molecule has 0 saturated heterocycles. The van der Waals surface area contributed by atoms with Crippen molar-refractivity contribution in [1.82, 2.24) is 0 Å². The molecule has 0 aromatic carbocycles. The predicted octanol–water partition coefficient (Wildman–Crippen LogP) is -2.63. The van der Waals surface area contributed by atoms with Gasteiger partial charge in [0, 0.05) is 0 Å². The van der Waals surface area contributed by atoms with Crippen LogP contribution in [0.3, 0.4) is 0 Å². The minimum Gasteiger partial charge on any atom is -2.00 e. The smallest absolute Gasteiger partial charge is 2.00 e. The van der Waals surface area contributed by atoms with Crippen LogP contribution in [0.2, 0.25) is 0 Å². The number of hydrogen-bond acceptors (Lipinski definition) is 8. The fourth-order valence-corrected chi connectivity index (χ4v) is 1.43.